The normalized spacial score (nSPS) is 55.0. The molecule has 0 amide bonds. The fraction of sp³-hybridized carbons (Fsp3) is 0.852. The van der Waals surface area contributed by atoms with E-state index in [1.54, 1.807) is 16.7 Å². The van der Waals surface area contributed by atoms with Gasteiger partial charge in [0.15, 0.2) is 0 Å². The number of hydrogen-bond donors (Lipinski definition) is 2. The van der Waals surface area contributed by atoms with Crippen LogP contribution in [0.1, 0.15) is 79.1 Å². The monoisotopic (exact) mass is 411 g/mol. The van der Waals surface area contributed by atoms with E-state index < -0.39 is 0 Å². The highest BCUT2D eigenvalue weighted by molar-refractivity contribution is 5.38. The quantitative estimate of drug-likeness (QED) is 0.551. The molecule has 6 rings (SSSR count). The van der Waals surface area contributed by atoms with Crippen molar-refractivity contribution < 1.29 is 9.84 Å². The summed E-state index contributed by atoms with van der Waals surface area (Å²) < 4.78 is 7.03. The van der Waals surface area contributed by atoms with Gasteiger partial charge in [-0.2, -0.15) is 0 Å². The smallest absolute Gasteiger partial charge is 0.0937 e. The molecule has 2 saturated carbocycles. The molecular weight excluding hydrogens is 370 g/mol. The van der Waals surface area contributed by atoms with Gasteiger partial charge in [-0.05, 0) is 99.5 Å². The first kappa shape index (κ1) is 20.0. The summed E-state index contributed by atoms with van der Waals surface area (Å²) in [6, 6.07) is 0.530. The highest BCUT2D eigenvalue weighted by Crippen LogP contribution is 2.65. The lowest BCUT2D eigenvalue weighted by Gasteiger charge is -2.49. The van der Waals surface area contributed by atoms with Gasteiger partial charge in [0.25, 0.3) is 0 Å². The zero-order chi connectivity index (χ0) is 20.8. The van der Waals surface area contributed by atoms with E-state index in [0.717, 1.165) is 43.1 Å². The van der Waals surface area contributed by atoms with Crippen LogP contribution in [0.3, 0.4) is 0 Å². The van der Waals surface area contributed by atoms with Crippen molar-refractivity contribution in [1.29, 1.82) is 0 Å². The van der Waals surface area contributed by atoms with Crippen molar-refractivity contribution in [1.82, 2.24) is 5.32 Å². The molecule has 2 heterocycles. The third kappa shape index (κ3) is 2.55. The third-order valence-electron chi connectivity index (χ3n) is 10.9. The maximum absolute atomic E-state index is 10.3. The van der Waals surface area contributed by atoms with Gasteiger partial charge in [-0.25, -0.2) is 0 Å². The van der Waals surface area contributed by atoms with Crippen molar-refractivity contribution in [2.75, 3.05) is 6.54 Å². The summed E-state index contributed by atoms with van der Waals surface area (Å²) in [5.41, 5.74) is 5.25. The van der Waals surface area contributed by atoms with E-state index in [2.05, 4.69) is 39.1 Å². The Bertz CT molecular complexity index is 801. The molecule has 1 spiro atoms. The molecule has 3 heteroatoms. The fourth-order valence-electron chi connectivity index (χ4n) is 9.09. The molecular formula is C27H41NO2. The van der Waals surface area contributed by atoms with Crippen LogP contribution in [0.5, 0.6) is 0 Å². The van der Waals surface area contributed by atoms with E-state index in [1.807, 2.05) is 0 Å². The Balaban J connectivity index is 1.34. The van der Waals surface area contributed by atoms with Gasteiger partial charge in [0.2, 0.25) is 0 Å². The summed E-state index contributed by atoms with van der Waals surface area (Å²) in [6.07, 6.45) is 12.2. The Labute approximate surface area is 182 Å². The van der Waals surface area contributed by atoms with Crippen LogP contribution in [0.25, 0.3) is 0 Å². The minimum atomic E-state index is -0.111. The molecule has 0 aromatic rings. The molecule has 10 atom stereocenters. The van der Waals surface area contributed by atoms with Gasteiger partial charge in [-0.15, -0.1) is 0 Å². The number of aliphatic hydroxyl groups excluding tert-OH is 1. The lowest BCUT2D eigenvalue weighted by Crippen LogP contribution is -2.49. The topological polar surface area (TPSA) is 41.5 Å². The molecule has 2 aliphatic heterocycles. The zero-order valence-corrected chi connectivity index (χ0v) is 19.4. The number of allylic oxidation sites excluding steroid dienone is 2. The van der Waals surface area contributed by atoms with Gasteiger partial charge < -0.3 is 15.2 Å². The average molecular weight is 412 g/mol. The van der Waals surface area contributed by atoms with Gasteiger partial charge in [-0.3, -0.25) is 0 Å². The van der Waals surface area contributed by atoms with Gasteiger partial charge in [0.05, 0.1) is 17.8 Å². The first-order valence-corrected chi connectivity index (χ1v) is 12.8. The first-order chi connectivity index (χ1) is 14.3. The van der Waals surface area contributed by atoms with Crippen LogP contribution >= 0.6 is 0 Å². The summed E-state index contributed by atoms with van der Waals surface area (Å²) in [5.74, 6) is 3.64. The van der Waals surface area contributed by atoms with E-state index in [0.29, 0.717) is 23.5 Å². The van der Waals surface area contributed by atoms with Crippen LogP contribution in [-0.4, -0.2) is 35.5 Å². The number of hydrogen-bond acceptors (Lipinski definition) is 3. The number of rotatable bonds is 0. The van der Waals surface area contributed by atoms with Gasteiger partial charge in [-0.1, -0.05) is 38.0 Å². The molecule has 4 fully saturated rings. The van der Waals surface area contributed by atoms with Crippen LogP contribution in [0.4, 0.5) is 0 Å². The summed E-state index contributed by atoms with van der Waals surface area (Å²) in [5, 5.41) is 14.1. The second kappa shape index (κ2) is 6.68. The van der Waals surface area contributed by atoms with Gasteiger partial charge in [0, 0.05) is 12.0 Å². The Hall–Kier alpha value is -0.640. The van der Waals surface area contributed by atoms with E-state index in [4.69, 9.17) is 4.74 Å². The number of ether oxygens (including phenoxy) is 1. The summed E-state index contributed by atoms with van der Waals surface area (Å²) >= 11 is 0. The van der Waals surface area contributed by atoms with Crippen molar-refractivity contribution >= 4 is 0 Å². The molecule has 3 nitrogen and oxygen atoms in total. The number of aliphatic hydroxyl groups is 1. The number of piperidine rings is 1. The van der Waals surface area contributed by atoms with E-state index in [9.17, 15) is 5.11 Å². The average Bonchev–Trinajstić information content (AvgIpc) is 3.23. The molecule has 0 bridgehead atoms. The van der Waals surface area contributed by atoms with E-state index >= 15 is 0 Å². The third-order valence-corrected chi connectivity index (χ3v) is 10.9. The minimum Gasteiger partial charge on any atom is -0.393 e. The Kier molecular flexibility index (Phi) is 4.46. The predicted molar refractivity (Wildman–Crippen MR) is 120 cm³/mol. The molecule has 1 unspecified atom stereocenters. The fourth-order valence-corrected chi connectivity index (χ4v) is 9.09. The lowest BCUT2D eigenvalue weighted by atomic mass is 9.56. The first-order valence-electron chi connectivity index (χ1n) is 12.8. The second-order valence-corrected chi connectivity index (χ2v) is 12.2. The standard InChI is InChI=1S/C27H41NO2/c1-15-11-24-25(28-14-15)17(3)27(30-24)10-8-20-21-6-5-18-12-19(29)7-9-26(18,4)23(21)13-22(20)16(27)2/h5,15,17,19-21,23-25,28-29H,6-14H2,1-4H3/t15-,17+,19-,20-,21-,23-,24+,25?,26-,27-/m0/s1. The highest BCUT2D eigenvalue weighted by Gasteiger charge is 2.60. The van der Waals surface area contributed by atoms with Gasteiger partial charge >= 0.3 is 0 Å². The molecule has 0 aromatic heterocycles. The SMILES string of the molecule is CC1=C2C[C@H]3[C@@H](CC=C4C[C@@H](O)CC[C@@]43C)[C@@H]2CC[C@]12O[C@@H]1C[C@H](C)CNC1[C@H]2C. The maximum atomic E-state index is 10.3. The lowest BCUT2D eigenvalue weighted by molar-refractivity contribution is -0.0549. The predicted octanol–water partition coefficient (Wildman–Crippen LogP) is 5.00. The minimum absolute atomic E-state index is 0.0222. The van der Waals surface area contributed by atoms with Crippen molar-refractivity contribution in [3.05, 3.63) is 22.8 Å². The van der Waals surface area contributed by atoms with Crippen LogP contribution in [0, 0.1) is 35.0 Å². The van der Waals surface area contributed by atoms with Crippen molar-refractivity contribution in [3.63, 3.8) is 0 Å². The molecule has 2 N–H and O–H groups in total. The molecule has 2 saturated heterocycles. The molecule has 6 aliphatic rings. The van der Waals surface area contributed by atoms with Crippen molar-refractivity contribution in [3.8, 4) is 0 Å². The largest absolute Gasteiger partial charge is 0.393 e. The Morgan fingerprint density at radius 3 is 2.83 bits per heavy atom. The second-order valence-electron chi connectivity index (χ2n) is 12.2. The molecule has 0 radical (unpaired) electrons. The van der Waals surface area contributed by atoms with E-state index in [1.165, 1.54) is 38.5 Å². The van der Waals surface area contributed by atoms with Crippen molar-refractivity contribution in [2.45, 2.75) is 103 Å². The molecule has 30 heavy (non-hydrogen) atoms. The summed E-state index contributed by atoms with van der Waals surface area (Å²) in [4.78, 5) is 0. The zero-order valence-electron chi connectivity index (χ0n) is 19.4. The van der Waals surface area contributed by atoms with Crippen LogP contribution in [0.2, 0.25) is 0 Å². The summed E-state index contributed by atoms with van der Waals surface area (Å²) in [6.45, 7) is 10.9. The van der Waals surface area contributed by atoms with Crippen LogP contribution in [-0.2, 0) is 4.74 Å². The molecule has 4 aliphatic carbocycles. The summed E-state index contributed by atoms with van der Waals surface area (Å²) in [7, 11) is 0. The van der Waals surface area contributed by atoms with E-state index in [-0.39, 0.29) is 11.7 Å². The number of nitrogens with one attached hydrogen (secondary N) is 1. The Morgan fingerprint density at radius 1 is 1.17 bits per heavy atom. The van der Waals surface area contributed by atoms with Crippen LogP contribution < -0.4 is 5.32 Å². The molecule has 166 valence electrons. The highest BCUT2D eigenvalue weighted by atomic mass is 16.5. The van der Waals surface area contributed by atoms with Crippen molar-refractivity contribution in [2.24, 2.45) is 35.0 Å². The van der Waals surface area contributed by atoms with Crippen LogP contribution in [0.15, 0.2) is 22.8 Å². The Morgan fingerprint density at radius 2 is 2.00 bits per heavy atom. The number of fused-ring (bicyclic) bond motifs is 6. The molecule has 0 aromatic carbocycles. The maximum Gasteiger partial charge on any atom is 0.0937 e. The van der Waals surface area contributed by atoms with Gasteiger partial charge in [0.1, 0.15) is 0 Å².